The van der Waals surface area contributed by atoms with Crippen LogP contribution in [0.1, 0.15) is 127 Å². The topological polar surface area (TPSA) is 96.4 Å². The average Bonchev–Trinajstić information content (AvgIpc) is 3.10. The fraction of sp³-hybridized carbons (Fsp3) is 0.625. The molecular weight excluding hydrogens is 637 g/mol. The Kier molecular flexibility index (Phi) is 19.7. The van der Waals surface area contributed by atoms with Crippen LogP contribution in [0.3, 0.4) is 0 Å². The number of anilines is 1. The maximum absolute atomic E-state index is 12.6. The molecule has 3 rings (SSSR count). The van der Waals surface area contributed by atoms with E-state index in [4.69, 9.17) is 14.6 Å². The predicted molar refractivity (Wildman–Crippen MR) is 198 cm³/mol. The molecule has 0 aliphatic carbocycles. The molecule has 1 amide bonds. The van der Waals surface area contributed by atoms with E-state index in [2.05, 4.69) is 61.2 Å². The van der Waals surface area contributed by atoms with Crippen LogP contribution in [-0.4, -0.2) is 61.0 Å². The normalized spacial score (nSPS) is 13.0. The van der Waals surface area contributed by atoms with Gasteiger partial charge in [0.05, 0.1) is 5.69 Å². The van der Waals surface area contributed by atoms with Gasteiger partial charge in [-0.25, -0.2) is 4.79 Å². The van der Waals surface area contributed by atoms with Crippen LogP contribution >= 0.6 is 11.8 Å². The number of carboxylic acid groups (broad SMARTS) is 1. The van der Waals surface area contributed by atoms with E-state index in [1.54, 1.807) is 16.7 Å². The summed E-state index contributed by atoms with van der Waals surface area (Å²) in [6, 6.07) is 15.3. The van der Waals surface area contributed by atoms with Crippen molar-refractivity contribution >= 4 is 35.5 Å². The summed E-state index contributed by atoms with van der Waals surface area (Å²) in [5.74, 6) is -0.998. The lowest BCUT2D eigenvalue weighted by atomic mass is 10.0. The van der Waals surface area contributed by atoms with Crippen LogP contribution in [0.5, 0.6) is 0 Å². The lowest BCUT2D eigenvalue weighted by molar-refractivity contribution is -0.152. The molecule has 0 bridgehead atoms. The fourth-order valence-corrected chi connectivity index (χ4v) is 7.28. The third kappa shape index (κ3) is 16.4. The molecule has 0 radical (unpaired) electrons. The Morgan fingerprint density at radius 2 is 1.33 bits per heavy atom. The van der Waals surface area contributed by atoms with Gasteiger partial charge in [-0.15, -0.1) is 0 Å². The first kappa shape index (κ1) is 40.2. The van der Waals surface area contributed by atoms with Gasteiger partial charge in [-0.05, 0) is 61.9 Å². The molecule has 0 aromatic heterocycles. The van der Waals surface area contributed by atoms with Crippen molar-refractivity contribution in [1.82, 2.24) is 4.90 Å². The minimum absolute atomic E-state index is 0.294. The molecule has 1 fully saturated rings. The lowest BCUT2D eigenvalue weighted by Gasteiger charge is -2.36. The van der Waals surface area contributed by atoms with Gasteiger partial charge in [0.15, 0.2) is 0 Å². The highest BCUT2D eigenvalue weighted by molar-refractivity contribution is 7.99. The summed E-state index contributed by atoms with van der Waals surface area (Å²) in [5.41, 5.74) is 3.84. The van der Waals surface area contributed by atoms with Gasteiger partial charge in [-0.1, -0.05) is 120 Å². The molecule has 8 nitrogen and oxygen atoms in total. The summed E-state index contributed by atoms with van der Waals surface area (Å²) in [4.78, 5) is 41.7. The van der Waals surface area contributed by atoms with Gasteiger partial charge in [0.25, 0.3) is 0 Å². The van der Waals surface area contributed by atoms with Crippen LogP contribution in [0.2, 0.25) is 0 Å². The van der Waals surface area contributed by atoms with Crippen molar-refractivity contribution in [2.45, 2.75) is 139 Å². The molecule has 0 saturated carbocycles. The van der Waals surface area contributed by atoms with Gasteiger partial charge >= 0.3 is 18.0 Å². The van der Waals surface area contributed by atoms with Crippen LogP contribution in [0.4, 0.5) is 10.5 Å². The van der Waals surface area contributed by atoms with Crippen molar-refractivity contribution in [1.29, 1.82) is 0 Å². The smallest absolute Gasteiger partial charge is 0.412 e. The van der Waals surface area contributed by atoms with E-state index >= 15 is 0 Å². The molecule has 1 aliphatic heterocycles. The zero-order valence-corrected chi connectivity index (χ0v) is 30.9. The molecule has 0 spiro atoms. The number of aryl methyl sites for hydroxylation is 2. The van der Waals surface area contributed by atoms with E-state index in [-0.39, 0.29) is 12.8 Å². The molecule has 2 aromatic carbocycles. The van der Waals surface area contributed by atoms with Gasteiger partial charge in [-0.2, -0.15) is 0 Å². The van der Waals surface area contributed by atoms with Crippen LogP contribution in [0, 0.1) is 6.92 Å². The molecule has 9 heteroatoms. The quantitative estimate of drug-likeness (QED) is 0.0658. The number of carboxylic acids is 1. The number of hydrogen-bond acceptors (Lipinski definition) is 7. The van der Waals surface area contributed by atoms with Gasteiger partial charge in [0.1, 0.15) is 0 Å². The standard InChI is InChI=1S/C40H60N2O6S/c1-3-4-5-6-9-14-17-24-39(45)47-32-48-40(46)42-29-27-41(28-30-42)35-21-18-19-22-37(35)49-36-26-25-34(31-33(36)2)20-15-12-10-7-8-11-13-16-23-38(43)44/h18-19,21-22,25-26,31H,3-17,20,23-24,27-30,32H2,1-2H3,(H,43,44). The number of para-hydroxylation sites is 1. The number of nitrogens with zero attached hydrogens (tertiary/aromatic N) is 2. The van der Waals surface area contributed by atoms with Gasteiger partial charge < -0.3 is 24.4 Å². The van der Waals surface area contributed by atoms with E-state index in [0.29, 0.717) is 39.0 Å². The predicted octanol–water partition coefficient (Wildman–Crippen LogP) is 10.2. The maximum atomic E-state index is 12.6. The Hall–Kier alpha value is -3.20. The highest BCUT2D eigenvalue weighted by atomic mass is 32.2. The fourth-order valence-electron chi connectivity index (χ4n) is 6.24. The molecule has 49 heavy (non-hydrogen) atoms. The number of piperazine rings is 1. The Morgan fingerprint density at radius 1 is 0.714 bits per heavy atom. The van der Waals surface area contributed by atoms with Crippen LogP contribution in [0.25, 0.3) is 0 Å². The van der Waals surface area contributed by atoms with Gasteiger partial charge in [0.2, 0.25) is 6.79 Å². The van der Waals surface area contributed by atoms with Crippen molar-refractivity contribution in [3.63, 3.8) is 0 Å². The number of esters is 1. The first-order chi connectivity index (χ1) is 23.9. The number of benzene rings is 2. The number of amides is 1. The molecule has 0 atom stereocenters. The van der Waals surface area contributed by atoms with E-state index < -0.39 is 12.1 Å². The summed E-state index contributed by atoms with van der Waals surface area (Å²) < 4.78 is 10.4. The first-order valence-corrected chi connectivity index (χ1v) is 19.6. The summed E-state index contributed by atoms with van der Waals surface area (Å²) in [5, 5.41) is 8.72. The van der Waals surface area contributed by atoms with E-state index in [1.165, 1.54) is 84.4 Å². The van der Waals surface area contributed by atoms with Crippen molar-refractivity contribution in [3.05, 3.63) is 53.6 Å². The molecule has 0 unspecified atom stereocenters. The average molecular weight is 697 g/mol. The minimum atomic E-state index is -0.689. The summed E-state index contributed by atoms with van der Waals surface area (Å²) >= 11 is 1.79. The summed E-state index contributed by atoms with van der Waals surface area (Å²) in [7, 11) is 0. The molecule has 2 aromatic rings. The molecule has 272 valence electrons. The zero-order chi connectivity index (χ0) is 35.1. The Labute approximate surface area is 299 Å². The van der Waals surface area contributed by atoms with Crippen molar-refractivity contribution in [2.24, 2.45) is 0 Å². The minimum Gasteiger partial charge on any atom is -0.481 e. The number of aliphatic carboxylic acids is 1. The lowest BCUT2D eigenvalue weighted by Crippen LogP contribution is -2.49. The highest BCUT2D eigenvalue weighted by Crippen LogP contribution is 2.37. The van der Waals surface area contributed by atoms with Crippen LogP contribution in [-0.2, 0) is 25.5 Å². The second-order valence-electron chi connectivity index (χ2n) is 13.3. The first-order valence-electron chi connectivity index (χ1n) is 18.8. The van der Waals surface area contributed by atoms with E-state index in [1.807, 2.05) is 0 Å². The number of rotatable bonds is 24. The summed E-state index contributed by atoms with van der Waals surface area (Å²) in [6.07, 6.45) is 18.3. The van der Waals surface area contributed by atoms with Gasteiger partial charge in [0, 0.05) is 48.8 Å². The number of carbonyl (C=O) groups is 3. The second kappa shape index (κ2) is 24.0. The number of hydrogen-bond donors (Lipinski definition) is 1. The molecule has 1 aliphatic rings. The molecule has 1 heterocycles. The monoisotopic (exact) mass is 696 g/mol. The third-order valence-corrected chi connectivity index (χ3v) is 10.4. The maximum Gasteiger partial charge on any atom is 0.412 e. The largest absolute Gasteiger partial charge is 0.481 e. The molecular formula is C40H60N2O6S. The van der Waals surface area contributed by atoms with Crippen LogP contribution < -0.4 is 4.90 Å². The number of carbonyl (C=O) groups excluding carboxylic acids is 2. The van der Waals surface area contributed by atoms with E-state index in [9.17, 15) is 14.4 Å². The zero-order valence-electron chi connectivity index (χ0n) is 30.1. The molecule has 1 N–H and O–H groups in total. The third-order valence-electron chi connectivity index (χ3n) is 9.20. The Balaban J connectivity index is 1.34. The highest BCUT2D eigenvalue weighted by Gasteiger charge is 2.24. The Morgan fingerprint density at radius 3 is 1.98 bits per heavy atom. The summed E-state index contributed by atoms with van der Waals surface area (Å²) in [6.45, 7) is 6.56. The number of unbranched alkanes of at least 4 members (excludes halogenated alkanes) is 13. The second-order valence-corrected chi connectivity index (χ2v) is 14.4. The van der Waals surface area contributed by atoms with Crippen molar-refractivity contribution < 1.29 is 29.0 Å². The Bertz CT molecular complexity index is 1260. The number of ether oxygens (including phenoxy) is 2. The van der Waals surface area contributed by atoms with Crippen molar-refractivity contribution in [2.75, 3.05) is 37.9 Å². The van der Waals surface area contributed by atoms with Crippen molar-refractivity contribution in [3.8, 4) is 0 Å². The van der Waals surface area contributed by atoms with Gasteiger partial charge in [-0.3, -0.25) is 9.59 Å². The van der Waals surface area contributed by atoms with E-state index in [0.717, 1.165) is 44.9 Å². The SMILES string of the molecule is CCCCCCCCCC(=O)OCOC(=O)N1CCN(c2ccccc2Sc2ccc(CCCCCCCCCCC(=O)O)cc2C)CC1. The molecule has 1 saturated heterocycles. The van der Waals surface area contributed by atoms with Crippen LogP contribution in [0.15, 0.2) is 52.3 Å².